The summed E-state index contributed by atoms with van der Waals surface area (Å²) in [7, 11) is 0. The molecule has 10 atom stereocenters. The number of hydrogen-bond donors (Lipinski definition) is 0. The van der Waals surface area contributed by atoms with Gasteiger partial charge in [0.15, 0.2) is 47.1 Å². The fraction of sp³-hybridized carbons (Fsp3) is 0.350. The average Bonchev–Trinajstić information content (AvgIpc) is 4.14. The van der Waals surface area contributed by atoms with Gasteiger partial charge in [-0.25, -0.2) is 37.8 Å². The van der Waals surface area contributed by atoms with Gasteiger partial charge in [0, 0.05) is 34.8 Å². The number of fused-ring (bicyclic) bond motifs is 4. The number of hydrogen-bond acceptors (Lipinski definition) is 22. The van der Waals surface area contributed by atoms with E-state index in [1.807, 2.05) is 0 Å². The molecule has 0 radical (unpaired) electrons. The summed E-state index contributed by atoms with van der Waals surface area (Å²) in [6, 6.07) is 11.2. The molecule has 0 spiro atoms. The minimum atomic E-state index is -4.79. The van der Waals surface area contributed by atoms with Crippen molar-refractivity contribution in [2.45, 2.75) is 60.7 Å². The fourth-order valence-corrected chi connectivity index (χ4v) is 14.4. The second-order valence-corrected chi connectivity index (χ2v) is 23.2. The highest BCUT2D eigenvalue weighted by Gasteiger charge is 2.55. The number of nitro groups is 2. The summed E-state index contributed by atoms with van der Waals surface area (Å²) in [5, 5.41) is 24.0. The van der Waals surface area contributed by atoms with E-state index in [9.17, 15) is 20.2 Å². The van der Waals surface area contributed by atoms with Gasteiger partial charge in [-0.3, -0.25) is 47.5 Å². The molecule has 0 amide bonds. The number of para-hydroxylation sites is 2. The summed E-state index contributed by atoms with van der Waals surface area (Å²) in [6.07, 6.45) is -7.15. The summed E-state index contributed by atoms with van der Waals surface area (Å²) in [4.78, 5) is 48.0. The SMILES string of the molecule is C=CCOc1ncnc2c1ncn2[C@@H]1O[C@@H]2CO[P@@](=O)(SCc3ccccc3[N+](=O)[O-])O[C@H]3[C@@H](F)[C@H](n4cnc5c(OCC=C)ncnc54)O[C@@H]3CO[P@@](=O)(SCc3ccccc3[N+](=O)[O-])O[C@H]2[C@H]1F. The Morgan fingerprint density at radius 3 is 1.50 bits per heavy atom. The van der Waals surface area contributed by atoms with Crippen LogP contribution < -0.4 is 9.47 Å². The highest BCUT2D eigenvalue weighted by molar-refractivity contribution is 8.55. The Kier molecular flexibility index (Phi) is 14.7. The third-order valence-corrected chi connectivity index (χ3v) is 18.1. The van der Waals surface area contributed by atoms with Crippen LogP contribution >= 0.6 is 36.4 Å². The molecule has 30 heteroatoms. The second-order valence-electron chi connectivity index (χ2n) is 15.2. The third-order valence-electron chi connectivity index (χ3n) is 10.8. The first kappa shape index (κ1) is 49.2. The zero-order chi connectivity index (χ0) is 49.2. The molecule has 0 bridgehead atoms. The van der Waals surface area contributed by atoms with Crippen LogP contribution in [0.25, 0.3) is 22.3 Å². The Balaban J connectivity index is 1.10. The first-order valence-electron chi connectivity index (χ1n) is 20.8. The largest absolute Gasteiger partial charge is 0.472 e. The predicted octanol–water partition coefficient (Wildman–Crippen LogP) is 7.98. The van der Waals surface area contributed by atoms with Gasteiger partial charge < -0.3 is 18.9 Å². The lowest BCUT2D eigenvalue weighted by Crippen LogP contribution is -2.37. The minimum Gasteiger partial charge on any atom is -0.472 e. The molecule has 0 unspecified atom stereocenters. The van der Waals surface area contributed by atoms with E-state index < -0.39 is 85.9 Å². The fourth-order valence-electron chi connectivity index (χ4n) is 7.62. The summed E-state index contributed by atoms with van der Waals surface area (Å²) in [5.41, 5.74) is -0.109. The van der Waals surface area contributed by atoms with Gasteiger partial charge in [0.2, 0.25) is 11.8 Å². The van der Waals surface area contributed by atoms with E-state index in [4.69, 9.17) is 37.0 Å². The normalized spacial score (nSPS) is 28.0. The van der Waals surface area contributed by atoms with E-state index in [0.29, 0.717) is 22.8 Å². The molecule has 0 aliphatic carbocycles. The molecular weight excluding hydrogens is 1010 g/mol. The number of halogens is 2. The molecular formula is C40H38F2N10O14P2S2. The van der Waals surface area contributed by atoms with Crippen molar-refractivity contribution in [3.8, 4) is 11.8 Å². The second kappa shape index (κ2) is 20.9. The zero-order valence-corrected chi connectivity index (χ0v) is 39.4. The van der Waals surface area contributed by atoms with Gasteiger partial charge in [-0.1, -0.05) is 61.7 Å². The number of ether oxygens (including phenoxy) is 4. The molecule has 368 valence electrons. The molecule has 70 heavy (non-hydrogen) atoms. The van der Waals surface area contributed by atoms with Gasteiger partial charge >= 0.3 is 13.6 Å². The van der Waals surface area contributed by atoms with Gasteiger partial charge in [-0.15, -0.1) is 0 Å². The molecule has 3 saturated heterocycles. The number of aromatic nitrogens is 8. The minimum absolute atomic E-state index is 0.0409. The maximum atomic E-state index is 17.3. The lowest BCUT2D eigenvalue weighted by Gasteiger charge is -2.30. The molecule has 0 saturated carbocycles. The van der Waals surface area contributed by atoms with E-state index >= 15 is 17.9 Å². The van der Waals surface area contributed by atoms with Crippen molar-refractivity contribution in [3.63, 3.8) is 0 Å². The van der Waals surface area contributed by atoms with Crippen LogP contribution in [0, 0.1) is 20.2 Å². The maximum absolute atomic E-state index is 17.3. The molecule has 3 fully saturated rings. The first-order chi connectivity index (χ1) is 33.8. The Hall–Kier alpha value is -5.80. The summed E-state index contributed by atoms with van der Waals surface area (Å²) in [6.45, 7) is -3.92. The predicted molar refractivity (Wildman–Crippen MR) is 245 cm³/mol. The topological polar surface area (TPSA) is 281 Å². The van der Waals surface area contributed by atoms with Gasteiger partial charge in [0.1, 0.15) is 50.3 Å². The summed E-state index contributed by atoms with van der Waals surface area (Å²) < 4.78 is 115. The maximum Gasteiger partial charge on any atom is 0.390 e. The van der Waals surface area contributed by atoms with E-state index in [1.165, 1.54) is 82.5 Å². The number of nitrogens with zero attached hydrogens (tertiary/aromatic N) is 10. The molecule has 0 N–H and O–H groups in total. The Bertz CT molecular complexity index is 2850. The lowest BCUT2D eigenvalue weighted by atomic mass is 10.1. The van der Waals surface area contributed by atoms with E-state index in [1.54, 1.807) is 0 Å². The van der Waals surface area contributed by atoms with E-state index in [0.717, 1.165) is 12.7 Å². The van der Waals surface area contributed by atoms with Crippen molar-refractivity contribution in [2.24, 2.45) is 0 Å². The van der Waals surface area contributed by atoms with Crippen LogP contribution in [0.1, 0.15) is 23.6 Å². The molecule has 3 aliphatic heterocycles. The van der Waals surface area contributed by atoms with Gasteiger partial charge in [0.05, 0.1) is 35.7 Å². The van der Waals surface area contributed by atoms with Crippen LogP contribution in [0.15, 0.2) is 99.2 Å². The molecule has 24 nitrogen and oxygen atoms in total. The van der Waals surface area contributed by atoms with Crippen molar-refractivity contribution < 1.29 is 64.8 Å². The zero-order valence-electron chi connectivity index (χ0n) is 36.0. The molecule has 9 rings (SSSR count). The van der Waals surface area contributed by atoms with Gasteiger partial charge in [0.25, 0.3) is 11.4 Å². The monoisotopic (exact) mass is 1050 g/mol. The number of imidazole rings is 2. The number of benzene rings is 2. The van der Waals surface area contributed by atoms with Crippen molar-refractivity contribution in [3.05, 3.63) is 131 Å². The van der Waals surface area contributed by atoms with Gasteiger partial charge in [-0.05, 0) is 22.8 Å². The van der Waals surface area contributed by atoms with Crippen LogP contribution in [0.3, 0.4) is 0 Å². The lowest BCUT2D eigenvalue weighted by molar-refractivity contribution is -0.385. The highest BCUT2D eigenvalue weighted by Crippen LogP contribution is 2.67. The van der Waals surface area contributed by atoms with E-state index in [2.05, 4.69) is 43.1 Å². The van der Waals surface area contributed by atoms with Crippen LogP contribution in [0.2, 0.25) is 0 Å². The van der Waals surface area contributed by atoms with E-state index in [-0.39, 0.29) is 81.3 Å². The smallest absolute Gasteiger partial charge is 0.390 e. The molecule has 6 aromatic rings. The first-order valence-corrected chi connectivity index (χ1v) is 27.1. The Labute approximate surface area is 402 Å². The molecule has 7 heterocycles. The summed E-state index contributed by atoms with van der Waals surface area (Å²) >= 11 is 0.943. The summed E-state index contributed by atoms with van der Waals surface area (Å²) in [5.74, 6) is -0.652. The quantitative estimate of drug-likeness (QED) is 0.0384. The van der Waals surface area contributed by atoms with Crippen LogP contribution in [-0.4, -0.2) is 112 Å². The molecule has 3 aliphatic rings. The van der Waals surface area contributed by atoms with Crippen LogP contribution in [-0.2, 0) is 48.2 Å². The van der Waals surface area contributed by atoms with Crippen molar-refractivity contribution in [1.82, 2.24) is 39.0 Å². The number of nitro benzene ring substituents is 2. The Morgan fingerprint density at radius 1 is 0.686 bits per heavy atom. The van der Waals surface area contributed by atoms with Crippen molar-refractivity contribution in [1.29, 1.82) is 0 Å². The Morgan fingerprint density at radius 2 is 1.10 bits per heavy atom. The number of alkyl halides is 2. The molecule has 4 aromatic heterocycles. The average molecular weight is 1050 g/mol. The van der Waals surface area contributed by atoms with Gasteiger partial charge in [-0.2, -0.15) is 9.97 Å². The van der Waals surface area contributed by atoms with Crippen molar-refractivity contribution >= 4 is 70.1 Å². The number of rotatable bonds is 16. The standard InChI is InChI=1S/C40H38F2N10O14P2S2/c1-3-13-59-37-31-35(43-19-45-37)49(21-47-31)39-29(41)33-27(63-39)15-61-68(58,70-18-24-10-6-8-12-26(24)52(55)56)66-34-28(16-62-67(57,65-33)69-17-23-9-5-7-11-25(23)51(53)54)64-40(30(34)42)50-22-48-32-36(50)44-20-46-38(32)60-14-4-2/h3-12,19-22,27-30,33-34,39-40H,1-2,13-18H2/t27-,28-,29-,30-,33-,34-,39-,40-,67-,68-/m1/s1. The third kappa shape index (κ3) is 10.1. The van der Waals surface area contributed by atoms with Crippen LogP contribution in [0.4, 0.5) is 20.2 Å². The molecule has 2 aromatic carbocycles. The van der Waals surface area contributed by atoms with Crippen LogP contribution in [0.5, 0.6) is 11.8 Å². The highest BCUT2D eigenvalue weighted by atomic mass is 32.7. The van der Waals surface area contributed by atoms with Crippen molar-refractivity contribution in [2.75, 3.05) is 26.4 Å².